The van der Waals surface area contributed by atoms with E-state index in [9.17, 15) is 14.0 Å². The van der Waals surface area contributed by atoms with Gasteiger partial charge in [-0.05, 0) is 62.6 Å². The van der Waals surface area contributed by atoms with E-state index in [1.54, 1.807) is 25.1 Å². The summed E-state index contributed by atoms with van der Waals surface area (Å²) in [5.41, 5.74) is 1.50. The third kappa shape index (κ3) is 4.10. The number of amides is 1. The molecule has 0 saturated carbocycles. The first-order valence-corrected chi connectivity index (χ1v) is 10.1. The highest BCUT2D eigenvalue weighted by Gasteiger charge is 2.17. The van der Waals surface area contributed by atoms with Gasteiger partial charge in [0.1, 0.15) is 11.5 Å². The molecular weight excluding hydrogens is 383 g/mol. The van der Waals surface area contributed by atoms with E-state index >= 15 is 0 Å². The van der Waals surface area contributed by atoms with Crippen molar-refractivity contribution in [2.75, 3.05) is 23.3 Å². The van der Waals surface area contributed by atoms with Crippen molar-refractivity contribution in [2.45, 2.75) is 26.2 Å². The van der Waals surface area contributed by atoms with E-state index in [1.165, 1.54) is 36.1 Å². The lowest BCUT2D eigenvalue weighted by molar-refractivity contribution is 0.101. The number of para-hydroxylation sites is 1. The Morgan fingerprint density at radius 2 is 1.73 bits per heavy atom. The summed E-state index contributed by atoms with van der Waals surface area (Å²) in [4.78, 5) is 27.4. The topological polar surface area (TPSA) is 67.2 Å². The summed E-state index contributed by atoms with van der Waals surface area (Å²) in [7, 11) is 0. The highest BCUT2D eigenvalue weighted by Crippen LogP contribution is 2.22. The van der Waals surface area contributed by atoms with Crippen LogP contribution in [0.4, 0.5) is 15.8 Å². The van der Waals surface area contributed by atoms with Gasteiger partial charge in [-0.3, -0.25) is 9.59 Å². The minimum atomic E-state index is -0.629. The van der Waals surface area contributed by atoms with Gasteiger partial charge in [-0.2, -0.15) is 5.10 Å². The van der Waals surface area contributed by atoms with Crippen LogP contribution in [-0.2, 0) is 0 Å². The molecule has 1 N–H and O–H groups in total. The quantitative estimate of drug-likeness (QED) is 0.713. The van der Waals surface area contributed by atoms with Crippen molar-refractivity contribution in [3.63, 3.8) is 0 Å². The van der Waals surface area contributed by atoms with Crippen molar-refractivity contribution >= 4 is 17.3 Å². The zero-order valence-electron chi connectivity index (χ0n) is 16.8. The van der Waals surface area contributed by atoms with Crippen LogP contribution in [0.15, 0.2) is 59.4 Å². The molecule has 0 aliphatic carbocycles. The summed E-state index contributed by atoms with van der Waals surface area (Å²) < 4.78 is 15.5. The van der Waals surface area contributed by atoms with E-state index in [0.29, 0.717) is 11.4 Å². The van der Waals surface area contributed by atoms with Gasteiger partial charge in [-0.1, -0.05) is 12.1 Å². The van der Waals surface area contributed by atoms with Gasteiger partial charge >= 0.3 is 0 Å². The molecule has 6 nitrogen and oxygen atoms in total. The summed E-state index contributed by atoms with van der Waals surface area (Å²) in [6, 6.07) is 14.9. The fourth-order valence-corrected chi connectivity index (χ4v) is 3.67. The molecule has 1 aliphatic rings. The Kier molecular flexibility index (Phi) is 5.61. The molecule has 1 aliphatic heterocycles. The molecule has 3 aromatic rings. The highest BCUT2D eigenvalue weighted by molar-refractivity contribution is 6.02. The number of aromatic nitrogens is 2. The third-order valence-electron chi connectivity index (χ3n) is 5.25. The number of aryl methyl sites for hydroxylation is 1. The Bertz CT molecular complexity index is 1120. The van der Waals surface area contributed by atoms with Crippen LogP contribution in [0, 0.1) is 12.7 Å². The van der Waals surface area contributed by atoms with Crippen molar-refractivity contribution in [1.29, 1.82) is 0 Å². The molecule has 2 heterocycles. The zero-order chi connectivity index (χ0) is 21.1. The van der Waals surface area contributed by atoms with Crippen LogP contribution in [0.25, 0.3) is 5.69 Å². The lowest BCUT2D eigenvalue weighted by Gasteiger charge is -2.28. The number of carbonyl (C=O) groups is 1. The van der Waals surface area contributed by atoms with E-state index in [2.05, 4.69) is 15.3 Å². The molecule has 0 bridgehead atoms. The molecule has 7 heteroatoms. The molecule has 154 valence electrons. The summed E-state index contributed by atoms with van der Waals surface area (Å²) >= 11 is 0. The minimum Gasteiger partial charge on any atom is -0.372 e. The first-order chi connectivity index (χ1) is 14.5. The molecule has 2 aromatic carbocycles. The van der Waals surface area contributed by atoms with E-state index < -0.39 is 17.2 Å². The van der Waals surface area contributed by atoms with Crippen LogP contribution < -0.4 is 15.6 Å². The van der Waals surface area contributed by atoms with Gasteiger partial charge in [-0.25, -0.2) is 9.07 Å². The second kappa shape index (κ2) is 8.49. The Morgan fingerprint density at radius 1 is 1.03 bits per heavy atom. The number of halogens is 1. The van der Waals surface area contributed by atoms with Crippen LogP contribution in [0.3, 0.4) is 0 Å². The van der Waals surface area contributed by atoms with Crippen molar-refractivity contribution in [1.82, 2.24) is 9.78 Å². The number of benzene rings is 2. The zero-order valence-corrected chi connectivity index (χ0v) is 16.8. The number of rotatable bonds is 4. The molecule has 1 amide bonds. The predicted octanol–water partition coefficient (Wildman–Crippen LogP) is 3.92. The number of hydrogen-bond acceptors (Lipinski definition) is 4. The summed E-state index contributed by atoms with van der Waals surface area (Å²) in [5, 5.41) is 6.85. The van der Waals surface area contributed by atoms with E-state index in [-0.39, 0.29) is 11.4 Å². The third-order valence-corrected chi connectivity index (χ3v) is 5.25. The number of nitrogens with one attached hydrogen (secondary N) is 1. The second-order valence-corrected chi connectivity index (χ2v) is 7.41. The molecule has 30 heavy (non-hydrogen) atoms. The highest BCUT2D eigenvalue weighted by atomic mass is 19.1. The standard InChI is InChI=1S/C23H23FN4O2/c1-16-15-21(29)22(26-28(16)20-8-4-3-7-19(20)24)23(30)25-17-9-11-18(12-10-17)27-13-5-2-6-14-27/h3-4,7-12,15H,2,5-6,13-14H2,1H3,(H,25,30). The minimum absolute atomic E-state index is 0.176. The van der Waals surface area contributed by atoms with Crippen molar-refractivity contribution < 1.29 is 9.18 Å². The van der Waals surface area contributed by atoms with Gasteiger partial charge < -0.3 is 10.2 Å². The van der Waals surface area contributed by atoms with Gasteiger partial charge in [0.25, 0.3) is 5.91 Å². The van der Waals surface area contributed by atoms with Crippen LogP contribution in [0.5, 0.6) is 0 Å². The molecule has 1 saturated heterocycles. The fraction of sp³-hybridized carbons (Fsp3) is 0.261. The van der Waals surface area contributed by atoms with E-state index in [0.717, 1.165) is 18.8 Å². The van der Waals surface area contributed by atoms with Crippen molar-refractivity contribution in [3.8, 4) is 5.69 Å². The van der Waals surface area contributed by atoms with Crippen molar-refractivity contribution in [2.24, 2.45) is 0 Å². The molecule has 1 fully saturated rings. The van der Waals surface area contributed by atoms with Gasteiger partial charge in [0.15, 0.2) is 5.69 Å². The van der Waals surface area contributed by atoms with Gasteiger partial charge in [0.2, 0.25) is 5.43 Å². The van der Waals surface area contributed by atoms with Crippen LogP contribution in [-0.4, -0.2) is 28.8 Å². The summed E-state index contributed by atoms with van der Waals surface area (Å²) in [5.74, 6) is -1.12. The van der Waals surface area contributed by atoms with Crippen LogP contribution >= 0.6 is 0 Å². The van der Waals surface area contributed by atoms with Crippen LogP contribution in [0.1, 0.15) is 35.4 Å². The maximum absolute atomic E-state index is 14.2. The second-order valence-electron chi connectivity index (χ2n) is 7.41. The molecule has 0 spiro atoms. The average Bonchev–Trinajstić information content (AvgIpc) is 2.76. The number of hydrogen-bond donors (Lipinski definition) is 1. The monoisotopic (exact) mass is 406 g/mol. The Morgan fingerprint density at radius 3 is 2.43 bits per heavy atom. The molecule has 1 aromatic heterocycles. The van der Waals surface area contributed by atoms with E-state index in [1.807, 2.05) is 24.3 Å². The van der Waals surface area contributed by atoms with E-state index in [4.69, 9.17) is 0 Å². The number of piperidine rings is 1. The SMILES string of the molecule is Cc1cc(=O)c(C(=O)Nc2ccc(N3CCCCC3)cc2)nn1-c1ccccc1F. The maximum atomic E-state index is 14.2. The van der Waals surface area contributed by atoms with Gasteiger partial charge in [-0.15, -0.1) is 0 Å². The summed E-state index contributed by atoms with van der Waals surface area (Å²) in [6.45, 7) is 3.71. The van der Waals surface area contributed by atoms with Crippen molar-refractivity contribution in [3.05, 3.63) is 82.0 Å². The average molecular weight is 406 g/mol. The molecule has 4 rings (SSSR count). The molecule has 0 atom stereocenters. The Balaban J connectivity index is 1.57. The number of nitrogens with zero attached hydrogens (tertiary/aromatic N) is 3. The lowest BCUT2D eigenvalue weighted by Crippen LogP contribution is -2.29. The number of anilines is 2. The summed E-state index contributed by atoms with van der Waals surface area (Å²) in [6.07, 6.45) is 3.64. The smallest absolute Gasteiger partial charge is 0.280 e. The van der Waals surface area contributed by atoms with Gasteiger partial charge in [0.05, 0.1) is 0 Å². The van der Waals surface area contributed by atoms with Gasteiger partial charge in [0, 0.05) is 36.2 Å². The maximum Gasteiger partial charge on any atom is 0.280 e. The first-order valence-electron chi connectivity index (χ1n) is 10.1. The predicted molar refractivity (Wildman–Crippen MR) is 115 cm³/mol. The molecular formula is C23H23FN4O2. The molecule has 0 unspecified atom stereocenters. The molecule has 0 radical (unpaired) electrons. The normalized spacial score (nSPS) is 13.9. The first kappa shape index (κ1) is 19.8. The number of carbonyl (C=O) groups excluding carboxylic acids is 1. The fourth-order valence-electron chi connectivity index (χ4n) is 3.67. The van der Waals surface area contributed by atoms with Crippen LogP contribution in [0.2, 0.25) is 0 Å². The lowest BCUT2D eigenvalue weighted by atomic mass is 10.1. The largest absolute Gasteiger partial charge is 0.372 e. The Labute approximate surface area is 174 Å². The Hall–Kier alpha value is -3.48.